The van der Waals surface area contributed by atoms with Crippen LogP contribution in [-0.2, 0) is 19.2 Å². The number of hydrogen-bond acceptors (Lipinski definition) is 4. The maximum Gasteiger partial charge on any atom is 0.238 e. The average molecular weight is 563 g/mol. The van der Waals surface area contributed by atoms with Crippen molar-refractivity contribution in [2.24, 2.45) is 47.3 Å². The minimum absolute atomic E-state index is 0.00921. The number of rotatable bonds is 4. The van der Waals surface area contributed by atoms with Crippen LogP contribution < -0.4 is 9.80 Å². The van der Waals surface area contributed by atoms with Gasteiger partial charge in [-0.3, -0.25) is 19.2 Å². The van der Waals surface area contributed by atoms with E-state index < -0.39 is 0 Å². The third-order valence-corrected chi connectivity index (χ3v) is 10.5. The standard InChI is InChI=1S/2C18H19NO2/c2*1-10(2)13-5-3-4-6-14(13)19-17(20)15-11-7-8-12(9-11)16(15)18(19)21/h2*3-8,10-12,15-16H,9H2,1-2H3/t2*11-,12+,15-,16+. The molecule has 42 heavy (non-hydrogen) atoms. The predicted octanol–water partition coefficient (Wildman–Crippen LogP) is 6.24. The van der Waals surface area contributed by atoms with E-state index in [1.165, 1.54) is 9.80 Å². The largest absolute Gasteiger partial charge is 0.274 e. The number of carbonyl (C=O) groups excluding carboxylic acids is 4. The molecule has 0 radical (unpaired) electrons. The van der Waals surface area contributed by atoms with E-state index in [0.29, 0.717) is 0 Å². The van der Waals surface area contributed by atoms with Crippen molar-refractivity contribution in [2.45, 2.75) is 52.4 Å². The molecule has 2 aromatic rings. The van der Waals surface area contributed by atoms with Gasteiger partial charge in [-0.2, -0.15) is 0 Å². The number of amides is 4. The molecular weight excluding hydrogens is 524 g/mol. The number of imide groups is 2. The van der Waals surface area contributed by atoms with Crippen molar-refractivity contribution in [1.29, 1.82) is 0 Å². The molecule has 4 amide bonds. The lowest BCUT2D eigenvalue weighted by Crippen LogP contribution is -2.33. The molecule has 4 aliphatic carbocycles. The van der Waals surface area contributed by atoms with Gasteiger partial charge in [0.1, 0.15) is 0 Å². The molecule has 8 atom stereocenters. The number of carbonyl (C=O) groups is 4. The Labute approximate surface area is 247 Å². The first-order chi connectivity index (χ1) is 20.2. The van der Waals surface area contributed by atoms with E-state index in [9.17, 15) is 19.2 Å². The van der Waals surface area contributed by atoms with Crippen LogP contribution in [0.5, 0.6) is 0 Å². The number of benzene rings is 2. The lowest BCUT2D eigenvalue weighted by Gasteiger charge is -2.22. The summed E-state index contributed by atoms with van der Waals surface area (Å²) in [6.45, 7) is 8.37. The summed E-state index contributed by atoms with van der Waals surface area (Å²) in [5, 5.41) is 0. The van der Waals surface area contributed by atoms with Gasteiger partial charge in [0.25, 0.3) is 0 Å². The second kappa shape index (κ2) is 9.89. The minimum atomic E-state index is -0.118. The van der Waals surface area contributed by atoms with Crippen molar-refractivity contribution in [3.8, 4) is 0 Å². The Kier molecular flexibility index (Phi) is 6.37. The van der Waals surface area contributed by atoms with Crippen LogP contribution in [-0.4, -0.2) is 23.6 Å². The van der Waals surface area contributed by atoms with Gasteiger partial charge in [-0.25, -0.2) is 9.80 Å². The van der Waals surface area contributed by atoms with Crippen LogP contribution in [0.1, 0.15) is 63.5 Å². The van der Waals surface area contributed by atoms with Gasteiger partial charge >= 0.3 is 0 Å². The second-order valence-corrected chi connectivity index (χ2v) is 13.5. The van der Waals surface area contributed by atoms with Gasteiger partial charge < -0.3 is 0 Å². The number of fused-ring (bicyclic) bond motifs is 10. The van der Waals surface area contributed by atoms with Gasteiger partial charge in [0.2, 0.25) is 23.6 Å². The normalized spacial score (nSPS) is 33.4. The zero-order valence-electron chi connectivity index (χ0n) is 24.6. The Bertz CT molecular complexity index is 1380. The number of para-hydroxylation sites is 2. The van der Waals surface area contributed by atoms with Gasteiger partial charge in [-0.15, -0.1) is 0 Å². The molecule has 4 fully saturated rings. The van der Waals surface area contributed by atoms with Crippen molar-refractivity contribution >= 4 is 35.0 Å². The molecule has 0 unspecified atom stereocenters. The number of hydrogen-bond donors (Lipinski definition) is 0. The minimum Gasteiger partial charge on any atom is -0.274 e. The Morgan fingerprint density at radius 2 is 0.786 bits per heavy atom. The topological polar surface area (TPSA) is 74.8 Å². The fourth-order valence-electron chi connectivity index (χ4n) is 8.64. The number of nitrogens with zero attached hydrogens (tertiary/aromatic N) is 2. The number of allylic oxidation sites excluding steroid dienone is 4. The lowest BCUT2D eigenvalue weighted by atomic mass is 9.85. The third-order valence-electron chi connectivity index (χ3n) is 10.5. The molecule has 2 saturated carbocycles. The molecule has 2 aliphatic heterocycles. The molecule has 0 aromatic heterocycles. The van der Waals surface area contributed by atoms with Crippen LogP contribution in [0, 0.1) is 47.3 Å². The zero-order valence-corrected chi connectivity index (χ0v) is 24.6. The van der Waals surface area contributed by atoms with E-state index in [1.807, 2.05) is 48.5 Å². The Hall–Kier alpha value is -3.80. The molecule has 0 N–H and O–H groups in total. The second-order valence-electron chi connectivity index (χ2n) is 13.5. The Balaban J connectivity index is 0.000000137. The Morgan fingerprint density at radius 3 is 1.07 bits per heavy atom. The van der Waals surface area contributed by atoms with E-state index in [-0.39, 0.29) is 82.8 Å². The van der Waals surface area contributed by atoms with Crippen LogP contribution in [0.3, 0.4) is 0 Å². The quantitative estimate of drug-likeness (QED) is 0.327. The lowest BCUT2D eigenvalue weighted by molar-refractivity contribution is -0.124. The highest BCUT2D eigenvalue weighted by Crippen LogP contribution is 2.55. The van der Waals surface area contributed by atoms with Crippen molar-refractivity contribution in [2.75, 3.05) is 9.80 Å². The third kappa shape index (κ3) is 3.83. The summed E-state index contributed by atoms with van der Waals surface area (Å²) in [6.07, 6.45) is 10.5. The van der Waals surface area contributed by atoms with Crippen molar-refractivity contribution in [1.82, 2.24) is 0 Å². The van der Waals surface area contributed by atoms with E-state index in [0.717, 1.165) is 35.3 Å². The zero-order chi connectivity index (χ0) is 29.4. The highest BCUT2D eigenvalue weighted by atomic mass is 16.2. The van der Waals surface area contributed by atoms with Crippen LogP contribution in [0.4, 0.5) is 11.4 Å². The van der Waals surface area contributed by atoms with Gasteiger partial charge in [-0.05, 0) is 71.6 Å². The number of anilines is 2. The fraction of sp³-hybridized carbons (Fsp3) is 0.444. The van der Waals surface area contributed by atoms with E-state index >= 15 is 0 Å². The molecule has 6 nitrogen and oxygen atoms in total. The first-order valence-corrected chi connectivity index (χ1v) is 15.5. The molecule has 2 saturated heterocycles. The monoisotopic (exact) mass is 562 g/mol. The summed E-state index contributed by atoms with van der Waals surface area (Å²) >= 11 is 0. The summed E-state index contributed by atoms with van der Waals surface area (Å²) < 4.78 is 0. The summed E-state index contributed by atoms with van der Waals surface area (Å²) in [4.78, 5) is 54.3. The molecule has 4 bridgehead atoms. The van der Waals surface area contributed by atoms with Crippen LogP contribution in [0.2, 0.25) is 0 Å². The molecule has 2 aromatic carbocycles. The highest BCUT2D eigenvalue weighted by molar-refractivity contribution is 6.24. The summed E-state index contributed by atoms with van der Waals surface area (Å²) in [6, 6.07) is 15.6. The van der Waals surface area contributed by atoms with Crippen LogP contribution >= 0.6 is 0 Å². The summed E-state index contributed by atoms with van der Waals surface area (Å²) in [5.41, 5.74) is 3.71. The highest BCUT2D eigenvalue weighted by Gasteiger charge is 2.61. The first-order valence-electron chi connectivity index (χ1n) is 15.5. The SMILES string of the molecule is CC(C)c1ccccc1N1C(=O)[C@@H]2[C@H](C1=O)[C@@H]1C=C[C@H]2C1.CC(C)c1ccccc1N1C(=O)[C@@H]2[C@H](C1=O)[C@@H]1C=C[C@H]2C1. The summed E-state index contributed by atoms with van der Waals surface area (Å²) in [5.74, 6) is 1.23. The van der Waals surface area contributed by atoms with E-state index in [2.05, 4.69) is 52.0 Å². The van der Waals surface area contributed by atoms with Gasteiger partial charge in [0, 0.05) is 0 Å². The summed E-state index contributed by atoms with van der Waals surface area (Å²) in [7, 11) is 0. The maximum atomic E-state index is 12.8. The van der Waals surface area contributed by atoms with Gasteiger partial charge in [-0.1, -0.05) is 88.4 Å². The molecule has 0 spiro atoms. The first kappa shape index (κ1) is 27.1. The maximum absolute atomic E-state index is 12.8. The Morgan fingerprint density at radius 1 is 0.500 bits per heavy atom. The van der Waals surface area contributed by atoms with Crippen molar-refractivity contribution in [3.05, 3.63) is 84.0 Å². The van der Waals surface area contributed by atoms with Crippen molar-refractivity contribution in [3.63, 3.8) is 0 Å². The molecular formula is C36H38N2O4. The van der Waals surface area contributed by atoms with Gasteiger partial charge in [0.15, 0.2) is 0 Å². The smallest absolute Gasteiger partial charge is 0.238 e. The fourth-order valence-corrected chi connectivity index (χ4v) is 8.64. The molecule has 2 heterocycles. The molecule has 8 rings (SSSR count). The van der Waals surface area contributed by atoms with Crippen LogP contribution in [0.25, 0.3) is 0 Å². The van der Waals surface area contributed by atoms with E-state index in [1.54, 1.807) is 0 Å². The molecule has 216 valence electrons. The molecule has 6 heteroatoms. The van der Waals surface area contributed by atoms with E-state index in [4.69, 9.17) is 0 Å². The van der Waals surface area contributed by atoms with Crippen LogP contribution in [0.15, 0.2) is 72.8 Å². The van der Waals surface area contributed by atoms with Crippen molar-refractivity contribution < 1.29 is 19.2 Å². The van der Waals surface area contributed by atoms with Gasteiger partial charge in [0.05, 0.1) is 35.0 Å². The average Bonchev–Trinajstić information content (AvgIpc) is 3.82. The predicted molar refractivity (Wildman–Crippen MR) is 161 cm³/mol. The molecule has 6 aliphatic rings.